The van der Waals surface area contributed by atoms with E-state index in [2.05, 4.69) is 13.8 Å². The molecule has 3 aromatic carbocycles. The second kappa shape index (κ2) is 12.0. The highest BCUT2D eigenvalue weighted by molar-refractivity contribution is 7.99. The first-order valence-electron chi connectivity index (χ1n) is 15.1. The summed E-state index contributed by atoms with van der Waals surface area (Å²) >= 11 is 1.63. The number of carboxylic acid groups (broad SMARTS) is 1. The summed E-state index contributed by atoms with van der Waals surface area (Å²) in [6, 6.07) is 13.4. The molecule has 2 atom stereocenters. The van der Waals surface area contributed by atoms with Crippen molar-refractivity contribution < 1.29 is 32.2 Å². The maximum absolute atomic E-state index is 15.4. The van der Waals surface area contributed by atoms with Crippen LogP contribution in [0, 0.1) is 25.6 Å². The fourth-order valence-electron chi connectivity index (χ4n) is 6.68. The number of aryl methyl sites for hydroxylation is 2. The van der Waals surface area contributed by atoms with Gasteiger partial charge in [-0.25, -0.2) is 17.1 Å². The molecule has 234 valence electrons. The smallest absolute Gasteiger partial charge is 0.304 e. The van der Waals surface area contributed by atoms with Crippen molar-refractivity contribution in [3.8, 4) is 22.6 Å². The van der Waals surface area contributed by atoms with Crippen molar-refractivity contribution in [1.82, 2.24) is 4.31 Å². The zero-order valence-corrected chi connectivity index (χ0v) is 27.1. The predicted octanol–water partition coefficient (Wildman–Crippen LogP) is 6.89. The van der Waals surface area contributed by atoms with Gasteiger partial charge in [0.25, 0.3) is 0 Å². The molecule has 1 fully saturated rings. The Morgan fingerprint density at radius 3 is 2.55 bits per heavy atom. The molecule has 1 N–H and O–H groups in total. The highest BCUT2D eigenvalue weighted by Gasteiger charge is 2.38. The van der Waals surface area contributed by atoms with E-state index >= 15 is 4.39 Å². The molecule has 2 aliphatic heterocycles. The van der Waals surface area contributed by atoms with E-state index in [1.165, 1.54) is 4.31 Å². The number of nitrogens with zero attached hydrogens (tertiary/aromatic N) is 1. The van der Waals surface area contributed by atoms with Gasteiger partial charge in [-0.15, -0.1) is 11.8 Å². The van der Waals surface area contributed by atoms with Crippen LogP contribution in [0.15, 0.2) is 47.4 Å². The molecule has 1 aliphatic carbocycles. The van der Waals surface area contributed by atoms with Crippen molar-refractivity contribution in [1.29, 1.82) is 0 Å². The molecule has 0 spiro atoms. The van der Waals surface area contributed by atoms with Gasteiger partial charge in [0, 0.05) is 46.2 Å². The molecule has 0 amide bonds. The molecule has 0 bridgehead atoms. The first-order valence-corrected chi connectivity index (χ1v) is 17.5. The molecule has 2 heterocycles. The summed E-state index contributed by atoms with van der Waals surface area (Å²) in [6.45, 7) is 9.30. The molecule has 3 aromatic rings. The van der Waals surface area contributed by atoms with Crippen LogP contribution in [0.3, 0.4) is 0 Å². The van der Waals surface area contributed by atoms with E-state index in [-0.39, 0.29) is 29.3 Å². The third-order valence-corrected chi connectivity index (χ3v) is 12.5. The maximum Gasteiger partial charge on any atom is 0.304 e. The van der Waals surface area contributed by atoms with Crippen LogP contribution in [0.5, 0.6) is 11.5 Å². The highest BCUT2D eigenvalue weighted by atomic mass is 32.2. The number of fused-ring (bicyclic) bond motifs is 2. The Morgan fingerprint density at radius 1 is 1.14 bits per heavy atom. The normalized spacial score (nSPS) is 19.9. The Labute approximate surface area is 262 Å². The summed E-state index contributed by atoms with van der Waals surface area (Å²) in [5, 5.41) is 8.74. The number of rotatable bonds is 10. The average molecular weight is 640 g/mol. The maximum atomic E-state index is 15.4. The Hall–Kier alpha value is -3.08. The lowest BCUT2D eigenvalue weighted by atomic mass is 9.90. The van der Waals surface area contributed by atoms with Gasteiger partial charge < -0.3 is 14.6 Å². The number of hydrogen-bond acceptors (Lipinski definition) is 6. The molecule has 7 nitrogen and oxygen atoms in total. The van der Waals surface area contributed by atoms with Crippen LogP contribution in [0.1, 0.15) is 65.7 Å². The van der Waals surface area contributed by atoms with Crippen LogP contribution in [0.2, 0.25) is 0 Å². The Morgan fingerprint density at radius 2 is 1.86 bits per heavy atom. The molecule has 0 saturated carbocycles. The SMILES string of the molecule is Cc1cc(OCC2CN(S(=O)(=O)C(C)C)C2)cc(C)c1-c1ccc(F)c2c1CCC2Sc1ccc2c(c1)OCC2CC(=O)O. The van der Waals surface area contributed by atoms with Crippen LogP contribution >= 0.6 is 11.8 Å². The van der Waals surface area contributed by atoms with Gasteiger partial charge in [0.2, 0.25) is 10.0 Å². The molecule has 1 saturated heterocycles. The Kier molecular flexibility index (Phi) is 8.45. The van der Waals surface area contributed by atoms with Gasteiger partial charge >= 0.3 is 5.97 Å². The summed E-state index contributed by atoms with van der Waals surface area (Å²) in [5.41, 5.74) is 6.96. The second-order valence-corrected chi connectivity index (χ2v) is 16.2. The molecule has 44 heavy (non-hydrogen) atoms. The lowest BCUT2D eigenvalue weighted by Gasteiger charge is -2.38. The molecule has 0 radical (unpaired) electrons. The second-order valence-electron chi connectivity index (χ2n) is 12.5. The number of carbonyl (C=O) groups is 1. The topological polar surface area (TPSA) is 93.1 Å². The van der Waals surface area contributed by atoms with Gasteiger partial charge in [-0.1, -0.05) is 12.1 Å². The quantitative estimate of drug-likeness (QED) is 0.258. The minimum absolute atomic E-state index is 0.0380. The number of halogens is 1. The van der Waals surface area contributed by atoms with E-state index in [1.807, 2.05) is 36.4 Å². The van der Waals surface area contributed by atoms with E-state index in [0.717, 1.165) is 68.2 Å². The van der Waals surface area contributed by atoms with Crippen LogP contribution in [0.4, 0.5) is 4.39 Å². The lowest BCUT2D eigenvalue weighted by Crippen LogP contribution is -2.53. The van der Waals surface area contributed by atoms with Gasteiger partial charge in [0.1, 0.15) is 17.3 Å². The third kappa shape index (κ3) is 5.84. The molecular weight excluding hydrogens is 602 g/mol. The van der Waals surface area contributed by atoms with Gasteiger partial charge in [0.15, 0.2) is 0 Å². The monoisotopic (exact) mass is 639 g/mol. The van der Waals surface area contributed by atoms with Gasteiger partial charge in [-0.05, 0) is 98.7 Å². The molecule has 10 heteroatoms. The summed E-state index contributed by atoms with van der Waals surface area (Å²) < 4.78 is 53.5. The third-order valence-electron chi connectivity index (χ3n) is 8.99. The van der Waals surface area contributed by atoms with Crippen molar-refractivity contribution in [2.24, 2.45) is 5.92 Å². The standard InChI is InChI=1S/C34H38FNO6S2/c1-19(2)44(39,40)36-15-22(16-36)17-41-24-11-20(3)33(21(4)12-24)27-7-9-29(35)34-28(27)8-10-31(34)43-25-5-6-26-23(13-32(37)38)18-42-30(26)14-25/h5-7,9,11-12,14,19,22-23,31H,8,10,13,15-18H2,1-4H3,(H,37,38). The number of carboxylic acids is 1. The van der Waals surface area contributed by atoms with Crippen molar-refractivity contribution in [2.75, 3.05) is 26.3 Å². The number of hydrogen-bond donors (Lipinski definition) is 1. The Bertz CT molecular complexity index is 1690. The van der Waals surface area contributed by atoms with Crippen molar-refractivity contribution in [2.45, 2.75) is 68.3 Å². The zero-order chi connectivity index (χ0) is 31.3. The van der Waals surface area contributed by atoms with Crippen LogP contribution < -0.4 is 9.47 Å². The van der Waals surface area contributed by atoms with Gasteiger partial charge in [-0.2, -0.15) is 0 Å². The average Bonchev–Trinajstić information content (AvgIpc) is 3.53. The van der Waals surface area contributed by atoms with Gasteiger partial charge in [0.05, 0.1) is 24.9 Å². The largest absolute Gasteiger partial charge is 0.493 e. The number of sulfonamides is 1. The Balaban J connectivity index is 1.17. The molecule has 3 aliphatic rings. The zero-order valence-electron chi connectivity index (χ0n) is 25.4. The lowest BCUT2D eigenvalue weighted by molar-refractivity contribution is -0.137. The van der Waals surface area contributed by atoms with Crippen molar-refractivity contribution in [3.05, 3.63) is 76.1 Å². The molecule has 2 unspecified atom stereocenters. The van der Waals surface area contributed by atoms with E-state index in [1.54, 1.807) is 31.7 Å². The number of ether oxygens (including phenoxy) is 2. The summed E-state index contributed by atoms with van der Waals surface area (Å²) in [5.74, 6) is 0.467. The summed E-state index contributed by atoms with van der Waals surface area (Å²) in [7, 11) is -3.22. The van der Waals surface area contributed by atoms with E-state index in [9.17, 15) is 18.3 Å². The number of benzene rings is 3. The minimum Gasteiger partial charge on any atom is -0.493 e. The fraction of sp³-hybridized carbons (Fsp3) is 0.441. The van der Waals surface area contributed by atoms with E-state index in [4.69, 9.17) is 9.47 Å². The van der Waals surface area contributed by atoms with Crippen molar-refractivity contribution in [3.63, 3.8) is 0 Å². The number of aliphatic carboxylic acids is 1. The molecule has 0 aromatic heterocycles. The number of thioether (sulfide) groups is 1. The molecular formula is C34H38FNO6S2. The van der Waals surface area contributed by atoms with E-state index < -0.39 is 21.2 Å². The predicted molar refractivity (Wildman–Crippen MR) is 170 cm³/mol. The van der Waals surface area contributed by atoms with Crippen LogP contribution in [-0.4, -0.2) is 55.4 Å². The first-order chi connectivity index (χ1) is 20.9. The van der Waals surface area contributed by atoms with Gasteiger partial charge in [-0.3, -0.25) is 4.79 Å². The first kappa shape index (κ1) is 30.9. The molecule has 6 rings (SSSR count). The highest BCUT2D eigenvalue weighted by Crippen LogP contribution is 2.50. The summed E-state index contributed by atoms with van der Waals surface area (Å²) in [4.78, 5) is 12.2. The minimum atomic E-state index is -3.22. The van der Waals surface area contributed by atoms with Crippen LogP contribution in [0.25, 0.3) is 11.1 Å². The van der Waals surface area contributed by atoms with Crippen molar-refractivity contribution >= 4 is 27.8 Å². The van der Waals surface area contributed by atoms with Crippen LogP contribution in [-0.2, 0) is 21.2 Å². The summed E-state index contributed by atoms with van der Waals surface area (Å²) in [6.07, 6.45) is 1.63. The van der Waals surface area contributed by atoms with E-state index in [0.29, 0.717) is 26.3 Å². The fourth-order valence-corrected chi connectivity index (χ4v) is 9.37.